The number of hydrogen-bond donors (Lipinski definition) is 0. The van der Waals surface area contributed by atoms with Gasteiger partial charge in [-0.15, -0.1) is 6.42 Å². The Hall–Kier alpha value is 8.83. The topological polar surface area (TPSA) is 0 Å². The van der Waals surface area contributed by atoms with Crippen LogP contribution in [0.4, 0.5) is 0 Å². The third-order valence-electron chi connectivity index (χ3n) is 1.64. The maximum Gasteiger partial charge on any atom is 0 e. The molecule has 0 aromatic rings. The molecule has 19 heavy (non-hydrogen) atoms. The van der Waals surface area contributed by atoms with E-state index in [9.17, 15) is 0 Å². The molecule has 0 aliphatic rings. The minimum absolute atomic E-state index is 0. The van der Waals surface area contributed by atoms with Crippen molar-refractivity contribution in [1.82, 2.24) is 0 Å². The van der Waals surface area contributed by atoms with E-state index in [2.05, 4.69) is 26.7 Å². The Bertz CT molecular complexity index is 67.7. The summed E-state index contributed by atoms with van der Waals surface area (Å²) in [7, 11) is 0. The van der Waals surface area contributed by atoms with E-state index in [-0.39, 0.29) is 262 Å². The van der Waals surface area contributed by atoms with E-state index < -0.39 is 0 Å². The average molecular weight is 864 g/mol. The van der Waals surface area contributed by atoms with Gasteiger partial charge in [-0.25, -0.2) is 25.7 Å². The Morgan fingerprint density at radius 2 is 0.842 bits per heavy atom. The third-order valence-corrected chi connectivity index (χ3v) is 1.64. The minimum Gasteiger partial charge on any atom is -0.346 e. The van der Waals surface area contributed by atoms with Gasteiger partial charge in [0, 0.05) is 262 Å². The summed E-state index contributed by atoms with van der Waals surface area (Å²) < 4.78 is 0. The van der Waals surface area contributed by atoms with Crippen LogP contribution >= 0.6 is 0 Å². The fourth-order valence-electron chi connectivity index (χ4n) is 0.957. The quantitative estimate of drug-likeness (QED) is 0.258. The smallest absolute Gasteiger partial charge is 0 e. The Kier molecular flexibility index (Phi) is 167. The summed E-state index contributed by atoms with van der Waals surface area (Å²) in [5.74, 6) is 0. The van der Waals surface area contributed by atoms with E-state index in [0.29, 0.717) is 0 Å². The molecule has 0 fully saturated rings. The molecule has 0 heterocycles. The van der Waals surface area contributed by atoms with Gasteiger partial charge < -0.3 is 26.7 Å². The Morgan fingerprint density at radius 3 is 1.16 bits per heavy atom. The van der Waals surface area contributed by atoms with Gasteiger partial charge in [-0.05, 0) is 0 Å². The molecule has 0 aliphatic heterocycles. The summed E-state index contributed by atoms with van der Waals surface area (Å²) in [5.41, 5.74) is 0. The molecule has 0 nitrogen and oxygen atoms in total. The SMILES string of the molecule is [CH2-]CC[CH-]CC[CH-]CCC[CH2-].[Y].[Y].[Y].[Y].[Y].[Y].[Y].[Y]. The van der Waals surface area contributed by atoms with Crippen molar-refractivity contribution in [2.24, 2.45) is 0 Å². The van der Waals surface area contributed by atoms with Gasteiger partial charge in [-0.2, -0.15) is 12.8 Å². The molecule has 0 aromatic carbocycles. The van der Waals surface area contributed by atoms with Crippen LogP contribution in [0.3, 0.4) is 0 Å². The summed E-state index contributed by atoms with van der Waals surface area (Å²) in [6, 6.07) is 0. The van der Waals surface area contributed by atoms with Crippen LogP contribution in [-0.4, -0.2) is 0 Å². The molecule has 0 amide bonds. The van der Waals surface area contributed by atoms with Crippen LogP contribution in [0.1, 0.15) is 44.9 Å². The zero-order valence-electron chi connectivity index (χ0n) is 12.1. The standard InChI is InChI=1S/C11H20.8Y/c1-3-5-7-9-11-10-8-6-4-2;;;;;;;;/h7,10H,1-6,8-9,11H2;;;;;;;;/q-4;;;;;;;;. The fraction of sp³-hybridized carbons (Fsp3) is 0.636. The normalized spacial score (nSPS) is 6.00. The van der Waals surface area contributed by atoms with Gasteiger partial charge in [0.2, 0.25) is 0 Å². The molecule has 0 saturated carbocycles. The summed E-state index contributed by atoms with van der Waals surface area (Å²) in [6.07, 6.45) is 12.9. The Morgan fingerprint density at radius 1 is 0.474 bits per heavy atom. The Balaban J connectivity index is -0.0000000179. The number of rotatable bonds is 8. The second-order valence-corrected chi connectivity index (χ2v) is 2.79. The predicted molar refractivity (Wildman–Crippen MR) is 51.6 cm³/mol. The van der Waals surface area contributed by atoms with Crippen molar-refractivity contribution in [3.8, 4) is 0 Å². The van der Waals surface area contributed by atoms with Crippen molar-refractivity contribution >= 4 is 0 Å². The molecule has 0 saturated heterocycles. The maximum atomic E-state index is 3.80. The summed E-state index contributed by atoms with van der Waals surface area (Å²) in [5, 5.41) is 0. The van der Waals surface area contributed by atoms with Crippen molar-refractivity contribution in [2.75, 3.05) is 0 Å². The van der Waals surface area contributed by atoms with E-state index in [1.807, 2.05) is 0 Å². The van der Waals surface area contributed by atoms with Gasteiger partial charge >= 0.3 is 0 Å². The van der Waals surface area contributed by atoms with Crippen LogP contribution in [0.5, 0.6) is 0 Å². The van der Waals surface area contributed by atoms with Crippen molar-refractivity contribution in [3.63, 3.8) is 0 Å². The van der Waals surface area contributed by atoms with E-state index in [0.717, 1.165) is 12.8 Å². The molecule has 0 bridgehead atoms. The summed E-state index contributed by atoms with van der Waals surface area (Å²) in [6.45, 7) is 7.58. The maximum absolute atomic E-state index is 3.80. The monoisotopic (exact) mass is 863 g/mol. The zero-order chi connectivity index (χ0) is 8.36. The molecular weight excluding hydrogens is 843 g/mol. The second kappa shape index (κ2) is 56.3. The molecule has 8 heteroatoms. The fourth-order valence-corrected chi connectivity index (χ4v) is 0.957. The summed E-state index contributed by atoms with van der Waals surface area (Å²) in [4.78, 5) is 0. The first-order valence-electron chi connectivity index (χ1n) is 4.63. The molecule has 0 aliphatic carbocycles. The largest absolute Gasteiger partial charge is 0.346 e. The van der Waals surface area contributed by atoms with Crippen LogP contribution in [0.2, 0.25) is 0 Å². The molecule has 0 atom stereocenters. The van der Waals surface area contributed by atoms with Crippen LogP contribution < -0.4 is 0 Å². The van der Waals surface area contributed by atoms with Crippen molar-refractivity contribution in [3.05, 3.63) is 26.7 Å². The first-order chi connectivity index (χ1) is 5.41. The first kappa shape index (κ1) is 56.5. The van der Waals surface area contributed by atoms with Gasteiger partial charge in [-0.3, -0.25) is 0 Å². The van der Waals surface area contributed by atoms with E-state index in [1.165, 1.54) is 32.1 Å². The van der Waals surface area contributed by atoms with Gasteiger partial charge in [0.25, 0.3) is 0 Å². The molecule has 0 spiro atoms. The van der Waals surface area contributed by atoms with Gasteiger partial charge in [-0.1, -0.05) is 0 Å². The van der Waals surface area contributed by atoms with E-state index in [4.69, 9.17) is 0 Å². The van der Waals surface area contributed by atoms with E-state index in [1.54, 1.807) is 0 Å². The average Bonchev–Trinajstić information content (AvgIpc) is 2.03. The van der Waals surface area contributed by atoms with Crippen LogP contribution in [0.15, 0.2) is 0 Å². The zero-order valence-corrected chi connectivity index (χ0v) is 34.8. The molecule has 0 aromatic heterocycles. The summed E-state index contributed by atoms with van der Waals surface area (Å²) >= 11 is 0. The van der Waals surface area contributed by atoms with Crippen LogP contribution in [0, 0.1) is 26.7 Å². The van der Waals surface area contributed by atoms with E-state index >= 15 is 0 Å². The van der Waals surface area contributed by atoms with Crippen LogP contribution in [-0.2, 0) is 262 Å². The van der Waals surface area contributed by atoms with Crippen molar-refractivity contribution in [2.45, 2.75) is 44.9 Å². The second-order valence-electron chi connectivity index (χ2n) is 2.79. The molecule has 0 unspecified atom stereocenters. The minimum atomic E-state index is 0. The third kappa shape index (κ3) is 58.4. The van der Waals surface area contributed by atoms with Crippen molar-refractivity contribution in [1.29, 1.82) is 0 Å². The molecule has 0 rings (SSSR count). The molecular formula is C11H20Y8-4. The molecule has 8 radical (unpaired) electrons. The number of unbranched alkanes of at least 4 members (excludes halogenated alkanes) is 8. The first-order valence-corrected chi connectivity index (χ1v) is 4.63. The number of hydrogen-bond acceptors (Lipinski definition) is 0. The van der Waals surface area contributed by atoms with Gasteiger partial charge in [0.15, 0.2) is 0 Å². The van der Waals surface area contributed by atoms with Crippen molar-refractivity contribution < 1.29 is 262 Å². The molecule has 92 valence electrons. The molecule has 0 N–H and O–H groups in total. The Labute approximate surface area is 323 Å². The van der Waals surface area contributed by atoms with Gasteiger partial charge in [0.1, 0.15) is 0 Å². The van der Waals surface area contributed by atoms with Crippen LogP contribution in [0.25, 0.3) is 0 Å². The van der Waals surface area contributed by atoms with Gasteiger partial charge in [0.05, 0.1) is 0 Å². The predicted octanol–water partition coefficient (Wildman–Crippen LogP) is 3.77.